The topological polar surface area (TPSA) is 116 Å². The van der Waals surface area contributed by atoms with E-state index in [1.807, 2.05) is 13.0 Å². The Morgan fingerprint density at radius 2 is 2.08 bits per heavy atom. The highest BCUT2D eigenvalue weighted by Crippen LogP contribution is 2.28. The van der Waals surface area contributed by atoms with Gasteiger partial charge in [0, 0.05) is 18.4 Å². The quantitative estimate of drug-likeness (QED) is 0.719. The van der Waals surface area contributed by atoms with Crippen molar-refractivity contribution in [1.82, 2.24) is 15.1 Å². The van der Waals surface area contributed by atoms with Gasteiger partial charge in [0.25, 0.3) is 0 Å². The second kappa shape index (κ2) is 7.43. The van der Waals surface area contributed by atoms with Crippen LogP contribution in [-0.2, 0) is 16.6 Å². The molecule has 9 nitrogen and oxygen atoms in total. The number of nitrogens with zero attached hydrogens (tertiary/aromatic N) is 2. The summed E-state index contributed by atoms with van der Waals surface area (Å²) in [6.45, 7) is 2.21. The third-order valence-corrected chi connectivity index (χ3v) is 3.84. The van der Waals surface area contributed by atoms with Crippen LogP contribution in [0.2, 0.25) is 0 Å². The second-order valence-electron chi connectivity index (χ2n) is 5.62. The lowest BCUT2D eigenvalue weighted by molar-refractivity contribution is 0.220. The minimum absolute atomic E-state index is 0.244. The SMILES string of the molecule is COc1ccc(NC(=O)N(C)Cc2cc(C)[nH]n2)cc1NS(C)(=O)=O. The van der Waals surface area contributed by atoms with E-state index in [1.165, 1.54) is 18.1 Å². The van der Waals surface area contributed by atoms with Gasteiger partial charge in [-0.1, -0.05) is 0 Å². The highest BCUT2D eigenvalue weighted by molar-refractivity contribution is 7.92. The van der Waals surface area contributed by atoms with Crippen molar-refractivity contribution in [3.8, 4) is 5.75 Å². The summed E-state index contributed by atoms with van der Waals surface area (Å²) in [6.07, 6.45) is 1.04. The molecule has 1 aromatic carbocycles. The molecule has 2 amide bonds. The van der Waals surface area contributed by atoms with E-state index in [4.69, 9.17) is 4.74 Å². The van der Waals surface area contributed by atoms with Crippen LogP contribution in [0.4, 0.5) is 16.2 Å². The van der Waals surface area contributed by atoms with E-state index in [9.17, 15) is 13.2 Å². The highest BCUT2D eigenvalue weighted by atomic mass is 32.2. The number of anilines is 2. The molecule has 0 atom stereocenters. The lowest BCUT2D eigenvalue weighted by atomic mass is 10.2. The van der Waals surface area contributed by atoms with Crippen molar-refractivity contribution < 1.29 is 17.9 Å². The third-order valence-electron chi connectivity index (χ3n) is 3.25. The van der Waals surface area contributed by atoms with Gasteiger partial charge in [-0.3, -0.25) is 9.82 Å². The first kappa shape index (κ1) is 18.6. The molecule has 0 aliphatic carbocycles. The maximum absolute atomic E-state index is 12.3. The second-order valence-corrected chi connectivity index (χ2v) is 7.37. The molecule has 0 unspecified atom stereocenters. The molecule has 0 aliphatic rings. The zero-order chi connectivity index (χ0) is 18.6. The first-order valence-corrected chi connectivity index (χ1v) is 9.26. The summed E-state index contributed by atoms with van der Waals surface area (Å²) in [4.78, 5) is 13.7. The minimum Gasteiger partial charge on any atom is -0.495 e. The fourth-order valence-corrected chi connectivity index (χ4v) is 2.71. The fourth-order valence-electron chi connectivity index (χ4n) is 2.15. The normalized spacial score (nSPS) is 11.0. The molecule has 3 N–H and O–H groups in total. The Hall–Kier alpha value is -2.75. The smallest absolute Gasteiger partial charge is 0.321 e. The molecule has 0 radical (unpaired) electrons. The molecule has 0 saturated heterocycles. The van der Waals surface area contributed by atoms with Crippen molar-refractivity contribution in [2.24, 2.45) is 0 Å². The third kappa shape index (κ3) is 5.38. The van der Waals surface area contributed by atoms with Crippen LogP contribution in [0.1, 0.15) is 11.4 Å². The number of hydrogen-bond donors (Lipinski definition) is 3. The molecule has 0 fully saturated rings. The van der Waals surface area contributed by atoms with Gasteiger partial charge in [0.05, 0.1) is 31.3 Å². The Morgan fingerprint density at radius 1 is 1.36 bits per heavy atom. The van der Waals surface area contributed by atoms with E-state index in [0.717, 1.165) is 17.6 Å². The van der Waals surface area contributed by atoms with Gasteiger partial charge in [0.1, 0.15) is 5.75 Å². The first-order chi connectivity index (χ1) is 11.7. The van der Waals surface area contributed by atoms with E-state index < -0.39 is 10.0 Å². The molecule has 0 bridgehead atoms. The number of nitrogens with one attached hydrogen (secondary N) is 3. The van der Waals surface area contributed by atoms with Crippen LogP contribution < -0.4 is 14.8 Å². The molecule has 25 heavy (non-hydrogen) atoms. The number of aromatic amines is 1. The number of hydrogen-bond acceptors (Lipinski definition) is 5. The van der Waals surface area contributed by atoms with Crippen LogP contribution in [0.5, 0.6) is 5.75 Å². The number of H-pyrrole nitrogens is 1. The van der Waals surface area contributed by atoms with Crippen LogP contribution in [0.15, 0.2) is 24.3 Å². The molecule has 10 heteroatoms. The summed E-state index contributed by atoms with van der Waals surface area (Å²) in [6, 6.07) is 6.18. The molecule has 2 rings (SSSR count). The Labute approximate surface area is 146 Å². The van der Waals surface area contributed by atoms with Crippen molar-refractivity contribution in [2.75, 3.05) is 30.5 Å². The van der Waals surface area contributed by atoms with E-state index >= 15 is 0 Å². The number of aromatic nitrogens is 2. The van der Waals surface area contributed by atoms with E-state index in [1.54, 1.807) is 19.2 Å². The number of sulfonamides is 1. The molecular formula is C15H21N5O4S. The average molecular weight is 367 g/mol. The Bertz CT molecular complexity index is 863. The van der Waals surface area contributed by atoms with Crippen LogP contribution >= 0.6 is 0 Å². The highest BCUT2D eigenvalue weighted by Gasteiger charge is 2.14. The van der Waals surface area contributed by atoms with Gasteiger partial charge >= 0.3 is 6.03 Å². The maximum Gasteiger partial charge on any atom is 0.321 e. The zero-order valence-corrected chi connectivity index (χ0v) is 15.3. The zero-order valence-electron chi connectivity index (χ0n) is 14.5. The fraction of sp³-hybridized carbons (Fsp3) is 0.333. The average Bonchev–Trinajstić information content (AvgIpc) is 2.91. The monoisotopic (exact) mass is 367 g/mol. The van der Waals surface area contributed by atoms with Crippen molar-refractivity contribution in [2.45, 2.75) is 13.5 Å². The van der Waals surface area contributed by atoms with Crippen LogP contribution in [0.3, 0.4) is 0 Å². The lowest BCUT2D eigenvalue weighted by Gasteiger charge is -2.18. The summed E-state index contributed by atoms with van der Waals surface area (Å²) in [5.41, 5.74) is 2.33. The van der Waals surface area contributed by atoms with Crippen LogP contribution in [-0.4, -0.2) is 50.0 Å². The molecule has 0 spiro atoms. The van der Waals surface area contributed by atoms with Crippen LogP contribution in [0, 0.1) is 6.92 Å². The lowest BCUT2D eigenvalue weighted by Crippen LogP contribution is -2.31. The summed E-state index contributed by atoms with van der Waals surface area (Å²) >= 11 is 0. The summed E-state index contributed by atoms with van der Waals surface area (Å²) < 4.78 is 30.4. The van der Waals surface area contributed by atoms with Crippen molar-refractivity contribution in [1.29, 1.82) is 0 Å². The molecule has 0 saturated carbocycles. The van der Waals surface area contributed by atoms with Gasteiger partial charge in [-0.25, -0.2) is 13.2 Å². The van der Waals surface area contributed by atoms with Gasteiger partial charge in [0.2, 0.25) is 10.0 Å². The Kier molecular flexibility index (Phi) is 5.52. The summed E-state index contributed by atoms with van der Waals surface area (Å²) in [5.74, 6) is 0.351. The molecule has 136 valence electrons. The number of amides is 2. The first-order valence-electron chi connectivity index (χ1n) is 7.37. The van der Waals surface area contributed by atoms with E-state index in [0.29, 0.717) is 18.0 Å². The maximum atomic E-state index is 12.3. The largest absolute Gasteiger partial charge is 0.495 e. The Balaban J connectivity index is 2.10. The molecule has 1 heterocycles. The number of ether oxygens (including phenoxy) is 1. The summed E-state index contributed by atoms with van der Waals surface area (Å²) in [7, 11) is -0.406. The molecule has 2 aromatic rings. The number of benzene rings is 1. The molecule has 1 aromatic heterocycles. The van der Waals surface area contributed by atoms with Gasteiger partial charge < -0.3 is 15.0 Å². The van der Waals surface area contributed by atoms with Gasteiger partial charge in [-0.15, -0.1) is 0 Å². The van der Waals surface area contributed by atoms with Gasteiger partial charge in [0.15, 0.2) is 0 Å². The summed E-state index contributed by atoms with van der Waals surface area (Å²) in [5, 5.41) is 9.60. The molecule has 0 aliphatic heterocycles. The molecular weight excluding hydrogens is 346 g/mol. The predicted molar refractivity (Wildman–Crippen MR) is 95.3 cm³/mol. The van der Waals surface area contributed by atoms with Crippen molar-refractivity contribution in [3.05, 3.63) is 35.7 Å². The Morgan fingerprint density at radius 3 is 2.64 bits per heavy atom. The van der Waals surface area contributed by atoms with E-state index in [2.05, 4.69) is 20.2 Å². The van der Waals surface area contributed by atoms with Gasteiger partial charge in [-0.05, 0) is 31.2 Å². The number of aryl methyl sites for hydroxylation is 1. The minimum atomic E-state index is -3.47. The van der Waals surface area contributed by atoms with Crippen molar-refractivity contribution >= 4 is 27.4 Å². The van der Waals surface area contributed by atoms with E-state index in [-0.39, 0.29) is 11.7 Å². The number of carbonyl (C=O) groups excluding carboxylic acids is 1. The number of carbonyl (C=O) groups is 1. The van der Waals surface area contributed by atoms with Crippen molar-refractivity contribution in [3.63, 3.8) is 0 Å². The van der Waals surface area contributed by atoms with Gasteiger partial charge in [-0.2, -0.15) is 5.10 Å². The van der Waals surface area contributed by atoms with Crippen LogP contribution in [0.25, 0.3) is 0 Å². The number of urea groups is 1. The number of rotatable bonds is 6. The number of methoxy groups -OCH3 is 1. The predicted octanol–water partition coefficient (Wildman–Crippen LogP) is 1.76. The standard InChI is InChI=1S/C15H21N5O4S/c1-10-7-12(18-17-10)9-20(2)15(21)16-11-5-6-14(24-3)13(8-11)19-25(4,22)23/h5-8,19H,9H2,1-4H3,(H,16,21)(H,17,18).